The van der Waals surface area contributed by atoms with Gasteiger partial charge in [-0.2, -0.15) is 5.10 Å². The van der Waals surface area contributed by atoms with Crippen LogP contribution in [-0.2, 0) is 4.74 Å². The van der Waals surface area contributed by atoms with Crippen molar-refractivity contribution >= 4 is 22.8 Å². The average molecular weight is 479 g/mol. The molecule has 2 atom stereocenters. The van der Waals surface area contributed by atoms with Crippen LogP contribution in [0.5, 0.6) is 0 Å². The van der Waals surface area contributed by atoms with Gasteiger partial charge in [0.15, 0.2) is 5.65 Å². The molecule has 1 aliphatic heterocycles. The highest BCUT2D eigenvalue weighted by atomic mass is 35.5. The van der Waals surface area contributed by atoms with Crippen LogP contribution >= 0.6 is 11.6 Å². The van der Waals surface area contributed by atoms with Crippen LogP contribution in [0.2, 0.25) is 5.02 Å². The molecule has 1 aromatic carbocycles. The molecular weight excluding hydrogens is 455 g/mol. The Kier molecular flexibility index (Phi) is 5.30. The van der Waals surface area contributed by atoms with Crippen molar-refractivity contribution < 1.29 is 9.13 Å². The molecule has 0 radical (unpaired) electrons. The van der Waals surface area contributed by atoms with E-state index in [0.29, 0.717) is 45.9 Å². The number of aromatic nitrogens is 6. The summed E-state index contributed by atoms with van der Waals surface area (Å²) >= 11 is 6.00. The van der Waals surface area contributed by atoms with Crippen LogP contribution in [0.15, 0.2) is 30.6 Å². The smallest absolute Gasteiger partial charge is 0.182 e. The Morgan fingerprint density at radius 2 is 1.88 bits per heavy atom. The first kappa shape index (κ1) is 21.6. The van der Waals surface area contributed by atoms with Gasteiger partial charge in [-0.3, -0.25) is 4.68 Å². The third-order valence-electron chi connectivity index (χ3n) is 6.71. The molecule has 4 heterocycles. The first-order chi connectivity index (χ1) is 16.5. The minimum atomic E-state index is -0.448. The second kappa shape index (κ2) is 8.36. The van der Waals surface area contributed by atoms with E-state index in [-0.39, 0.29) is 12.0 Å². The molecule has 0 amide bonds. The highest BCUT2D eigenvalue weighted by Gasteiger charge is 2.31. The lowest BCUT2D eigenvalue weighted by Crippen LogP contribution is -2.20. The van der Waals surface area contributed by atoms with Crippen LogP contribution in [-0.4, -0.2) is 36.3 Å². The van der Waals surface area contributed by atoms with Crippen molar-refractivity contribution in [1.82, 2.24) is 29.7 Å². The summed E-state index contributed by atoms with van der Waals surface area (Å²) in [5.41, 5.74) is 4.37. The molecule has 1 aliphatic carbocycles. The Bertz CT molecular complexity index is 1400. The van der Waals surface area contributed by atoms with Crippen LogP contribution < -0.4 is 0 Å². The number of hydrogen-bond acceptors (Lipinski definition) is 6. The van der Waals surface area contributed by atoms with Crippen molar-refractivity contribution in [3.05, 3.63) is 64.2 Å². The highest BCUT2D eigenvalue weighted by molar-refractivity contribution is 6.30. The lowest BCUT2D eigenvalue weighted by atomic mass is 9.92. The molecule has 2 fully saturated rings. The Morgan fingerprint density at radius 3 is 2.68 bits per heavy atom. The lowest BCUT2D eigenvalue weighted by molar-refractivity contribution is 0.00396. The van der Waals surface area contributed by atoms with Gasteiger partial charge in [0, 0.05) is 34.9 Å². The van der Waals surface area contributed by atoms with Crippen LogP contribution in [0.4, 0.5) is 4.39 Å². The van der Waals surface area contributed by atoms with E-state index >= 15 is 0 Å². The molecule has 0 unspecified atom stereocenters. The Balaban J connectivity index is 1.41. The fourth-order valence-electron chi connectivity index (χ4n) is 4.50. The summed E-state index contributed by atoms with van der Waals surface area (Å²) in [7, 11) is 0. The number of nitrogens with zero attached hydrogens (tertiary/aromatic N) is 6. The standard InChI is InChI=1S/C25H24ClFN6O/c1-13-14(2)30-25-23(29-13)22(19-6-3-17(26)10-20(19)27)31-24(32-25)15-7-8-34-21(9-15)16-11-28-33(12-16)18-4-5-18/h3,6,10-12,15,18,21H,4-5,7-9H2,1-2H3/t15-,21+/m0/s1. The van der Waals surface area contributed by atoms with E-state index in [4.69, 9.17) is 26.3 Å². The summed E-state index contributed by atoms with van der Waals surface area (Å²) in [5, 5.41) is 4.85. The molecule has 6 rings (SSSR count). The zero-order valence-electron chi connectivity index (χ0n) is 19.0. The van der Waals surface area contributed by atoms with Gasteiger partial charge < -0.3 is 4.74 Å². The van der Waals surface area contributed by atoms with Gasteiger partial charge in [-0.25, -0.2) is 24.3 Å². The number of aryl methyl sites for hydroxylation is 2. The quantitative estimate of drug-likeness (QED) is 0.376. The molecule has 0 N–H and O–H groups in total. The fourth-order valence-corrected chi connectivity index (χ4v) is 4.66. The monoisotopic (exact) mass is 478 g/mol. The number of fused-ring (bicyclic) bond motifs is 1. The summed E-state index contributed by atoms with van der Waals surface area (Å²) in [6, 6.07) is 5.11. The maximum atomic E-state index is 15.0. The first-order valence-corrected chi connectivity index (χ1v) is 12.0. The predicted molar refractivity (Wildman–Crippen MR) is 126 cm³/mol. The van der Waals surface area contributed by atoms with Gasteiger partial charge in [-0.1, -0.05) is 11.6 Å². The van der Waals surface area contributed by atoms with Crippen LogP contribution in [0, 0.1) is 19.7 Å². The molecule has 9 heteroatoms. The van der Waals surface area contributed by atoms with Gasteiger partial charge in [0.1, 0.15) is 22.9 Å². The van der Waals surface area contributed by atoms with Crippen molar-refractivity contribution in [1.29, 1.82) is 0 Å². The largest absolute Gasteiger partial charge is 0.373 e. The van der Waals surface area contributed by atoms with E-state index in [1.807, 2.05) is 24.7 Å². The van der Waals surface area contributed by atoms with Crippen LogP contribution in [0.25, 0.3) is 22.4 Å². The zero-order valence-corrected chi connectivity index (χ0v) is 19.8. The average Bonchev–Trinajstić information content (AvgIpc) is 3.56. The predicted octanol–water partition coefficient (Wildman–Crippen LogP) is 5.66. The van der Waals surface area contributed by atoms with Gasteiger partial charge in [0.25, 0.3) is 0 Å². The SMILES string of the molecule is Cc1nc2nc([C@H]3CCO[C@@H](c4cnn(C5CC5)c4)C3)nc(-c3ccc(Cl)cc3F)c2nc1C. The molecule has 2 aliphatic rings. The van der Waals surface area contributed by atoms with Gasteiger partial charge in [-0.15, -0.1) is 0 Å². The van der Waals surface area contributed by atoms with Crippen molar-refractivity contribution in [2.24, 2.45) is 0 Å². The second-order valence-electron chi connectivity index (χ2n) is 9.19. The molecule has 7 nitrogen and oxygen atoms in total. The van der Waals surface area contributed by atoms with Crippen LogP contribution in [0.3, 0.4) is 0 Å². The fraction of sp³-hybridized carbons (Fsp3) is 0.400. The molecule has 1 saturated carbocycles. The normalized spacial score (nSPS) is 20.7. The van der Waals surface area contributed by atoms with Crippen molar-refractivity contribution in [2.75, 3.05) is 6.61 Å². The van der Waals surface area contributed by atoms with E-state index in [0.717, 1.165) is 29.8 Å². The van der Waals surface area contributed by atoms with Crippen molar-refractivity contribution in [3.63, 3.8) is 0 Å². The number of halogens is 2. The number of hydrogen-bond donors (Lipinski definition) is 0. The Hall–Kier alpha value is -2.97. The van der Waals surface area contributed by atoms with Crippen LogP contribution in [0.1, 0.15) is 66.5 Å². The van der Waals surface area contributed by atoms with Gasteiger partial charge in [0.2, 0.25) is 0 Å². The van der Waals surface area contributed by atoms with E-state index in [1.54, 1.807) is 12.1 Å². The molecular formula is C25H24ClFN6O. The molecule has 4 aromatic rings. The van der Waals surface area contributed by atoms with Crippen molar-refractivity contribution in [3.8, 4) is 11.3 Å². The van der Waals surface area contributed by atoms with Gasteiger partial charge in [0.05, 0.1) is 29.7 Å². The highest BCUT2D eigenvalue weighted by Crippen LogP contribution is 2.40. The van der Waals surface area contributed by atoms with Crippen molar-refractivity contribution in [2.45, 2.75) is 57.6 Å². The van der Waals surface area contributed by atoms with E-state index in [1.165, 1.54) is 18.9 Å². The van der Waals surface area contributed by atoms with Gasteiger partial charge >= 0.3 is 0 Å². The lowest BCUT2D eigenvalue weighted by Gasteiger charge is -2.28. The summed E-state index contributed by atoms with van der Waals surface area (Å²) < 4.78 is 23.1. The summed E-state index contributed by atoms with van der Waals surface area (Å²) in [4.78, 5) is 19.0. The zero-order chi connectivity index (χ0) is 23.4. The summed E-state index contributed by atoms with van der Waals surface area (Å²) in [5.74, 6) is 0.234. The number of benzene rings is 1. The van der Waals surface area contributed by atoms with E-state index in [9.17, 15) is 4.39 Å². The van der Waals surface area contributed by atoms with E-state index < -0.39 is 5.82 Å². The number of ether oxygens (including phenoxy) is 1. The minimum absolute atomic E-state index is 0.0462. The second-order valence-corrected chi connectivity index (χ2v) is 9.62. The number of rotatable bonds is 4. The third-order valence-corrected chi connectivity index (χ3v) is 6.94. The third kappa shape index (κ3) is 3.95. The molecule has 3 aromatic heterocycles. The molecule has 0 spiro atoms. The Morgan fingerprint density at radius 1 is 1.06 bits per heavy atom. The Labute approximate surface area is 201 Å². The van der Waals surface area contributed by atoms with E-state index in [2.05, 4.69) is 21.3 Å². The first-order valence-electron chi connectivity index (χ1n) is 11.6. The molecule has 1 saturated heterocycles. The molecule has 34 heavy (non-hydrogen) atoms. The molecule has 174 valence electrons. The minimum Gasteiger partial charge on any atom is -0.373 e. The maximum Gasteiger partial charge on any atom is 0.182 e. The molecule has 0 bridgehead atoms. The summed E-state index contributed by atoms with van der Waals surface area (Å²) in [6.45, 7) is 4.37. The van der Waals surface area contributed by atoms with Gasteiger partial charge in [-0.05, 0) is 57.7 Å². The summed E-state index contributed by atoms with van der Waals surface area (Å²) in [6.07, 6.45) is 7.79. The topological polar surface area (TPSA) is 78.6 Å². The maximum absolute atomic E-state index is 15.0.